The Balaban J connectivity index is 1.73. The van der Waals surface area contributed by atoms with Gasteiger partial charge in [0.2, 0.25) is 0 Å². The van der Waals surface area contributed by atoms with E-state index in [0.29, 0.717) is 5.56 Å². The van der Waals surface area contributed by atoms with Crippen molar-refractivity contribution in [2.75, 3.05) is 5.43 Å². The predicted molar refractivity (Wildman–Crippen MR) is 103 cm³/mol. The van der Waals surface area contributed by atoms with Crippen LogP contribution in [0.1, 0.15) is 29.7 Å². The van der Waals surface area contributed by atoms with Crippen molar-refractivity contribution in [2.45, 2.75) is 25.7 Å². The number of aryl methyl sites for hydroxylation is 1. The van der Waals surface area contributed by atoms with E-state index >= 15 is 0 Å². The fourth-order valence-corrected chi connectivity index (χ4v) is 3.43. The number of benzene rings is 2. The molecule has 2 aromatic carbocycles. The smallest absolute Gasteiger partial charge is 0.277 e. The quantitative estimate of drug-likeness (QED) is 0.429. The van der Waals surface area contributed by atoms with Gasteiger partial charge in [0, 0.05) is 17.1 Å². The van der Waals surface area contributed by atoms with Gasteiger partial charge in [-0.05, 0) is 43.4 Å². The second kappa shape index (κ2) is 6.92. The molecule has 0 radical (unpaired) electrons. The van der Waals surface area contributed by atoms with E-state index in [1.54, 1.807) is 18.2 Å². The summed E-state index contributed by atoms with van der Waals surface area (Å²) in [4.78, 5) is 15.5. The van der Waals surface area contributed by atoms with Crippen molar-refractivity contribution >= 4 is 28.5 Å². The lowest BCUT2D eigenvalue weighted by molar-refractivity contribution is -0.385. The van der Waals surface area contributed by atoms with E-state index in [1.165, 1.54) is 17.8 Å². The van der Waals surface area contributed by atoms with E-state index in [0.717, 1.165) is 48.0 Å². The van der Waals surface area contributed by atoms with Crippen LogP contribution in [0.25, 0.3) is 10.9 Å². The highest BCUT2D eigenvalue weighted by Crippen LogP contribution is 2.33. The number of nitro groups is 1. The zero-order valence-corrected chi connectivity index (χ0v) is 14.2. The molecule has 3 aromatic rings. The molecule has 0 unspecified atom stereocenters. The average Bonchev–Trinajstić information content (AvgIpc) is 2.67. The minimum Gasteiger partial charge on any atom is -0.277 e. The third kappa shape index (κ3) is 3.01. The second-order valence-corrected chi connectivity index (χ2v) is 6.32. The minimum atomic E-state index is -0.398. The molecule has 0 spiro atoms. The number of para-hydroxylation sites is 2. The summed E-state index contributed by atoms with van der Waals surface area (Å²) < 4.78 is 0. The maximum absolute atomic E-state index is 11.1. The van der Waals surface area contributed by atoms with Crippen molar-refractivity contribution in [3.8, 4) is 0 Å². The number of fused-ring (bicyclic) bond motifs is 2. The lowest BCUT2D eigenvalue weighted by atomic mass is 9.93. The van der Waals surface area contributed by atoms with Gasteiger partial charge < -0.3 is 0 Å². The molecule has 0 saturated carbocycles. The van der Waals surface area contributed by atoms with Gasteiger partial charge in [0.05, 0.1) is 27.9 Å². The predicted octanol–water partition coefficient (Wildman–Crippen LogP) is 4.47. The number of nitrogens with one attached hydrogen (secondary N) is 1. The largest absolute Gasteiger partial charge is 0.278 e. The molecule has 6 heteroatoms. The second-order valence-electron chi connectivity index (χ2n) is 6.32. The van der Waals surface area contributed by atoms with Crippen molar-refractivity contribution in [1.82, 2.24) is 4.98 Å². The van der Waals surface area contributed by atoms with E-state index in [-0.39, 0.29) is 5.69 Å². The number of rotatable bonds is 4. The number of aromatic nitrogens is 1. The van der Waals surface area contributed by atoms with Gasteiger partial charge in [-0.25, -0.2) is 0 Å². The molecule has 1 N–H and O–H groups in total. The van der Waals surface area contributed by atoms with Crippen LogP contribution in [0.5, 0.6) is 0 Å². The first-order valence-corrected chi connectivity index (χ1v) is 8.67. The standard InChI is InChI=1S/C20H18N4O2/c25-24(26)19-12-6-1-7-14(19)13-21-23-20-15-8-2-4-10-17(15)22-18-11-5-3-9-16(18)20/h1-2,4,6-8,10,12-13H,3,5,9,11H2,(H,22,23)/b21-13+. The highest BCUT2D eigenvalue weighted by Gasteiger charge is 2.18. The first-order valence-electron chi connectivity index (χ1n) is 8.67. The van der Waals surface area contributed by atoms with Gasteiger partial charge in [-0.1, -0.05) is 30.3 Å². The first kappa shape index (κ1) is 16.2. The molecule has 0 saturated heterocycles. The highest BCUT2D eigenvalue weighted by molar-refractivity contribution is 5.94. The molecule has 0 fully saturated rings. The molecule has 6 nitrogen and oxygen atoms in total. The molecule has 0 bridgehead atoms. The molecular weight excluding hydrogens is 328 g/mol. The van der Waals surface area contributed by atoms with Gasteiger partial charge in [0.1, 0.15) is 0 Å². The molecule has 4 rings (SSSR count). The molecule has 1 aliphatic carbocycles. The SMILES string of the molecule is O=[N+]([O-])c1ccccc1/C=N/Nc1c2c(nc3ccccc13)CCCC2. The van der Waals surface area contributed by atoms with Crippen molar-refractivity contribution < 1.29 is 4.92 Å². The summed E-state index contributed by atoms with van der Waals surface area (Å²) in [5, 5.41) is 16.5. The Hall–Kier alpha value is -3.28. The van der Waals surface area contributed by atoms with E-state index in [9.17, 15) is 10.1 Å². The topological polar surface area (TPSA) is 80.4 Å². The Bertz CT molecular complexity index is 1010. The van der Waals surface area contributed by atoms with Crippen LogP contribution in [-0.2, 0) is 12.8 Å². The van der Waals surface area contributed by atoms with Gasteiger partial charge in [0.15, 0.2) is 0 Å². The first-order chi connectivity index (χ1) is 12.7. The molecule has 1 heterocycles. The summed E-state index contributed by atoms with van der Waals surface area (Å²) in [5.74, 6) is 0. The third-order valence-corrected chi connectivity index (χ3v) is 4.68. The van der Waals surface area contributed by atoms with Crippen LogP contribution in [0.2, 0.25) is 0 Å². The molecule has 26 heavy (non-hydrogen) atoms. The lowest BCUT2D eigenvalue weighted by Gasteiger charge is -2.20. The number of nitrogens with zero attached hydrogens (tertiary/aromatic N) is 3. The molecule has 130 valence electrons. The molecular formula is C20H18N4O2. The van der Waals surface area contributed by atoms with Gasteiger partial charge >= 0.3 is 0 Å². The molecule has 1 aliphatic rings. The maximum Gasteiger partial charge on any atom is 0.278 e. The van der Waals surface area contributed by atoms with Gasteiger partial charge in [-0.2, -0.15) is 5.10 Å². The Morgan fingerprint density at radius 2 is 1.85 bits per heavy atom. The third-order valence-electron chi connectivity index (χ3n) is 4.68. The van der Waals surface area contributed by atoms with Crippen LogP contribution in [-0.4, -0.2) is 16.1 Å². The molecule has 0 amide bonds. The van der Waals surface area contributed by atoms with Crippen molar-refractivity contribution in [3.05, 3.63) is 75.5 Å². The Kier molecular flexibility index (Phi) is 4.31. The van der Waals surface area contributed by atoms with Gasteiger partial charge in [-0.3, -0.25) is 20.5 Å². The number of nitro benzene ring substituents is 1. The van der Waals surface area contributed by atoms with Gasteiger partial charge in [0.25, 0.3) is 5.69 Å². The summed E-state index contributed by atoms with van der Waals surface area (Å²) in [5.41, 5.74) is 7.87. The number of anilines is 1. The summed E-state index contributed by atoms with van der Waals surface area (Å²) in [6.07, 6.45) is 5.73. The van der Waals surface area contributed by atoms with Crippen LogP contribution in [0.15, 0.2) is 53.6 Å². The number of pyridine rings is 1. The van der Waals surface area contributed by atoms with E-state index in [2.05, 4.69) is 10.5 Å². The zero-order chi connectivity index (χ0) is 17.9. The van der Waals surface area contributed by atoms with E-state index in [1.807, 2.05) is 24.3 Å². The highest BCUT2D eigenvalue weighted by atomic mass is 16.6. The summed E-state index contributed by atoms with van der Waals surface area (Å²) in [7, 11) is 0. The van der Waals surface area contributed by atoms with Crippen molar-refractivity contribution in [3.63, 3.8) is 0 Å². The van der Waals surface area contributed by atoms with Crippen LogP contribution < -0.4 is 5.43 Å². The Morgan fingerprint density at radius 1 is 1.08 bits per heavy atom. The monoisotopic (exact) mass is 346 g/mol. The normalized spacial score (nSPS) is 13.7. The Labute approximate surface area is 150 Å². The number of hydrazone groups is 1. The Morgan fingerprint density at radius 3 is 2.73 bits per heavy atom. The van der Waals surface area contributed by atoms with Gasteiger partial charge in [-0.15, -0.1) is 0 Å². The van der Waals surface area contributed by atoms with Crippen LogP contribution in [0.3, 0.4) is 0 Å². The minimum absolute atomic E-state index is 0.0414. The van der Waals surface area contributed by atoms with E-state index in [4.69, 9.17) is 4.98 Å². The van der Waals surface area contributed by atoms with Crippen molar-refractivity contribution in [2.24, 2.45) is 5.10 Å². The maximum atomic E-state index is 11.1. The lowest BCUT2D eigenvalue weighted by Crippen LogP contribution is -2.09. The van der Waals surface area contributed by atoms with Crippen LogP contribution in [0.4, 0.5) is 11.4 Å². The number of hydrogen-bond donors (Lipinski definition) is 1. The fourth-order valence-electron chi connectivity index (χ4n) is 3.43. The summed E-state index contributed by atoms with van der Waals surface area (Å²) in [6.45, 7) is 0. The van der Waals surface area contributed by atoms with Crippen LogP contribution in [0, 0.1) is 10.1 Å². The molecule has 0 aliphatic heterocycles. The molecule has 1 aromatic heterocycles. The number of hydrogen-bond acceptors (Lipinski definition) is 5. The van der Waals surface area contributed by atoms with Crippen molar-refractivity contribution in [1.29, 1.82) is 0 Å². The summed E-state index contributed by atoms with van der Waals surface area (Å²) in [6, 6.07) is 14.6. The fraction of sp³-hybridized carbons (Fsp3) is 0.200. The van der Waals surface area contributed by atoms with Crippen LogP contribution >= 0.6 is 0 Å². The average molecular weight is 346 g/mol. The zero-order valence-electron chi connectivity index (χ0n) is 14.2. The summed E-state index contributed by atoms with van der Waals surface area (Å²) >= 11 is 0. The molecule has 0 atom stereocenters. The van der Waals surface area contributed by atoms with E-state index < -0.39 is 4.92 Å².